The number of hydrogen-bond donors (Lipinski definition) is 1. The minimum Gasteiger partial charge on any atom is -0.310 e. The van der Waals surface area contributed by atoms with Crippen molar-refractivity contribution in [1.82, 2.24) is 5.32 Å². The first-order valence-electron chi connectivity index (χ1n) is 6.61. The van der Waals surface area contributed by atoms with Crippen molar-refractivity contribution in [2.45, 2.75) is 25.4 Å². The van der Waals surface area contributed by atoms with Gasteiger partial charge in [-0.25, -0.2) is 4.39 Å². The molecular weight excluding hydrogens is 296 g/mol. The first kappa shape index (κ1) is 13.9. The monoisotopic (exact) mass is 309 g/mol. The Labute approximate surface area is 127 Å². The van der Waals surface area contributed by atoms with E-state index in [9.17, 15) is 4.39 Å². The molecule has 0 radical (unpaired) electrons. The van der Waals surface area contributed by atoms with Crippen molar-refractivity contribution in [2.24, 2.45) is 0 Å². The first-order chi connectivity index (χ1) is 9.63. The molecule has 2 aromatic carbocycles. The van der Waals surface area contributed by atoms with Crippen LogP contribution in [0.15, 0.2) is 36.4 Å². The molecule has 0 atom stereocenters. The Balaban J connectivity index is 1.99. The molecule has 4 heteroatoms. The highest BCUT2D eigenvalue weighted by Gasteiger charge is 2.21. The molecule has 1 nitrogen and oxygen atoms in total. The molecule has 20 heavy (non-hydrogen) atoms. The highest BCUT2D eigenvalue weighted by atomic mass is 35.5. The van der Waals surface area contributed by atoms with E-state index in [0.29, 0.717) is 28.2 Å². The van der Waals surface area contributed by atoms with Crippen LogP contribution in [-0.2, 0) is 6.54 Å². The largest absolute Gasteiger partial charge is 0.310 e. The molecule has 3 rings (SSSR count). The Morgan fingerprint density at radius 2 is 1.85 bits per heavy atom. The van der Waals surface area contributed by atoms with Crippen LogP contribution in [0, 0.1) is 5.82 Å². The van der Waals surface area contributed by atoms with E-state index in [1.807, 2.05) is 12.1 Å². The Morgan fingerprint density at radius 1 is 1.05 bits per heavy atom. The number of halogens is 3. The molecule has 1 aliphatic rings. The lowest BCUT2D eigenvalue weighted by Gasteiger charge is -2.13. The van der Waals surface area contributed by atoms with Gasteiger partial charge >= 0.3 is 0 Å². The zero-order valence-electron chi connectivity index (χ0n) is 10.8. The molecule has 104 valence electrons. The molecule has 0 aromatic heterocycles. The van der Waals surface area contributed by atoms with Crippen molar-refractivity contribution in [3.8, 4) is 11.1 Å². The summed E-state index contributed by atoms with van der Waals surface area (Å²) in [6, 6.07) is 10.6. The van der Waals surface area contributed by atoms with Crippen LogP contribution in [0.25, 0.3) is 11.1 Å². The van der Waals surface area contributed by atoms with E-state index in [0.717, 1.165) is 11.1 Å². The molecule has 1 fully saturated rings. The number of nitrogens with one attached hydrogen (secondary N) is 1. The quantitative estimate of drug-likeness (QED) is 0.833. The molecule has 0 aliphatic heterocycles. The van der Waals surface area contributed by atoms with Gasteiger partial charge in [0.05, 0.1) is 0 Å². The smallest absolute Gasteiger partial charge is 0.123 e. The highest BCUT2D eigenvalue weighted by molar-refractivity contribution is 6.33. The van der Waals surface area contributed by atoms with E-state index in [4.69, 9.17) is 23.2 Å². The third-order valence-electron chi connectivity index (χ3n) is 3.44. The van der Waals surface area contributed by atoms with Crippen LogP contribution in [0.4, 0.5) is 4.39 Å². The van der Waals surface area contributed by atoms with Gasteiger partial charge < -0.3 is 5.32 Å². The van der Waals surface area contributed by atoms with Gasteiger partial charge in [0.2, 0.25) is 0 Å². The predicted molar refractivity (Wildman–Crippen MR) is 81.7 cm³/mol. The van der Waals surface area contributed by atoms with E-state index < -0.39 is 0 Å². The van der Waals surface area contributed by atoms with E-state index in [1.165, 1.54) is 25.0 Å². The second kappa shape index (κ2) is 5.72. The second-order valence-electron chi connectivity index (χ2n) is 5.08. The average molecular weight is 310 g/mol. The number of rotatable bonds is 4. The minimum atomic E-state index is -0.291. The number of benzene rings is 2. The standard InChI is InChI=1S/C16H14Cl2FN/c17-11-1-5-14(10(7-11)9-20-13-3-4-13)15-8-12(19)2-6-16(15)18/h1-2,5-8,13,20H,3-4,9H2. The van der Waals surface area contributed by atoms with E-state index >= 15 is 0 Å². The van der Waals surface area contributed by atoms with Gasteiger partial charge in [0.1, 0.15) is 5.82 Å². The summed E-state index contributed by atoms with van der Waals surface area (Å²) in [5.74, 6) is -0.291. The van der Waals surface area contributed by atoms with Crippen molar-refractivity contribution in [3.63, 3.8) is 0 Å². The summed E-state index contributed by atoms with van der Waals surface area (Å²) >= 11 is 12.3. The maximum atomic E-state index is 13.5. The average Bonchev–Trinajstić information content (AvgIpc) is 3.24. The molecule has 0 spiro atoms. The zero-order chi connectivity index (χ0) is 14.1. The van der Waals surface area contributed by atoms with Crippen LogP contribution < -0.4 is 5.32 Å². The lowest BCUT2D eigenvalue weighted by Crippen LogP contribution is -2.15. The predicted octanol–water partition coefficient (Wildman–Crippen LogP) is 5.05. The summed E-state index contributed by atoms with van der Waals surface area (Å²) in [6.07, 6.45) is 2.44. The molecule has 2 aromatic rings. The summed E-state index contributed by atoms with van der Waals surface area (Å²) in [6.45, 7) is 0.716. The summed E-state index contributed by atoms with van der Waals surface area (Å²) in [7, 11) is 0. The van der Waals surface area contributed by atoms with Crippen molar-refractivity contribution < 1.29 is 4.39 Å². The minimum absolute atomic E-state index is 0.291. The fourth-order valence-corrected chi connectivity index (χ4v) is 2.63. The molecule has 1 N–H and O–H groups in total. The molecule has 1 saturated carbocycles. The van der Waals surface area contributed by atoms with Crippen LogP contribution in [0.3, 0.4) is 0 Å². The Bertz CT molecular complexity index is 638. The van der Waals surface area contributed by atoms with Crippen molar-refractivity contribution in [2.75, 3.05) is 0 Å². The lowest BCUT2D eigenvalue weighted by atomic mass is 9.99. The third kappa shape index (κ3) is 3.14. The van der Waals surface area contributed by atoms with Gasteiger partial charge in [0.25, 0.3) is 0 Å². The van der Waals surface area contributed by atoms with E-state index in [2.05, 4.69) is 5.32 Å². The van der Waals surface area contributed by atoms with Gasteiger partial charge in [-0.3, -0.25) is 0 Å². The van der Waals surface area contributed by atoms with Gasteiger partial charge in [-0.15, -0.1) is 0 Å². The maximum absolute atomic E-state index is 13.5. The summed E-state index contributed by atoms with van der Waals surface area (Å²) in [5.41, 5.74) is 2.67. The SMILES string of the molecule is Fc1ccc(Cl)c(-c2ccc(Cl)cc2CNC2CC2)c1. The molecule has 1 aliphatic carbocycles. The van der Waals surface area contributed by atoms with Crippen LogP contribution in [0.5, 0.6) is 0 Å². The third-order valence-corrected chi connectivity index (χ3v) is 4.01. The number of hydrogen-bond acceptors (Lipinski definition) is 1. The lowest BCUT2D eigenvalue weighted by molar-refractivity contribution is 0.628. The van der Waals surface area contributed by atoms with Crippen LogP contribution in [-0.4, -0.2) is 6.04 Å². The summed E-state index contributed by atoms with van der Waals surface area (Å²) in [5, 5.41) is 4.67. The second-order valence-corrected chi connectivity index (χ2v) is 5.92. The van der Waals surface area contributed by atoms with Crippen LogP contribution >= 0.6 is 23.2 Å². The maximum Gasteiger partial charge on any atom is 0.123 e. The van der Waals surface area contributed by atoms with Crippen molar-refractivity contribution in [1.29, 1.82) is 0 Å². The zero-order valence-corrected chi connectivity index (χ0v) is 12.3. The molecular formula is C16H14Cl2FN. The van der Waals surface area contributed by atoms with E-state index in [1.54, 1.807) is 12.1 Å². The van der Waals surface area contributed by atoms with Crippen LogP contribution in [0.2, 0.25) is 10.0 Å². The van der Waals surface area contributed by atoms with Gasteiger partial charge in [-0.2, -0.15) is 0 Å². The fourth-order valence-electron chi connectivity index (χ4n) is 2.22. The van der Waals surface area contributed by atoms with Gasteiger partial charge in [-0.05, 0) is 54.3 Å². The normalized spacial score (nSPS) is 14.6. The van der Waals surface area contributed by atoms with Crippen LogP contribution in [0.1, 0.15) is 18.4 Å². The molecule has 0 unspecified atom stereocenters. The Kier molecular flexibility index (Phi) is 3.97. The Hall–Kier alpha value is -1.09. The van der Waals surface area contributed by atoms with Crippen molar-refractivity contribution >= 4 is 23.2 Å². The first-order valence-corrected chi connectivity index (χ1v) is 7.36. The fraction of sp³-hybridized carbons (Fsp3) is 0.250. The Morgan fingerprint density at radius 3 is 2.60 bits per heavy atom. The molecule has 0 bridgehead atoms. The molecule has 0 saturated heterocycles. The highest BCUT2D eigenvalue weighted by Crippen LogP contribution is 2.33. The van der Waals surface area contributed by atoms with Gasteiger partial charge in [-0.1, -0.05) is 29.3 Å². The topological polar surface area (TPSA) is 12.0 Å². The molecule has 0 heterocycles. The molecule has 0 amide bonds. The van der Waals surface area contributed by atoms with Gasteiger partial charge in [0.15, 0.2) is 0 Å². The van der Waals surface area contributed by atoms with Gasteiger partial charge in [0, 0.05) is 28.2 Å². The van der Waals surface area contributed by atoms with Crippen molar-refractivity contribution in [3.05, 3.63) is 57.8 Å². The summed E-state index contributed by atoms with van der Waals surface area (Å²) in [4.78, 5) is 0. The van der Waals surface area contributed by atoms with E-state index in [-0.39, 0.29) is 5.82 Å². The summed E-state index contributed by atoms with van der Waals surface area (Å²) < 4.78 is 13.5.